The van der Waals surface area contributed by atoms with E-state index in [4.69, 9.17) is 0 Å². The molecule has 8 heteroatoms. The van der Waals surface area contributed by atoms with Gasteiger partial charge in [-0.1, -0.05) is 0 Å². The lowest BCUT2D eigenvalue weighted by atomic mass is 9.88. The van der Waals surface area contributed by atoms with Gasteiger partial charge < -0.3 is 24.8 Å². The van der Waals surface area contributed by atoms with Crippen LogP contribution in [0.15, 0.2) is 17.1 Å². The Balaban J connectivity index is 1.68. The van der Waals surface area contributed by atoms with Crippen LogP contribution in [0.1, 0.15) is 47.6 Å². The second-order valence-electron chi connectivity index (χ2n) is 9.14. The normalized spacial score (nSPS) is 23.3. The molecule has 30 heavy (non-hydrogen) atoms. The molecular weight excluding hydrogens is 391 g/mol. The van der Waals surface area contributed by atoms with Crippen LogP contribution in [-0.4, -0.2) is 51.7 Å². The average Bonchev–Trinajstić information content (AvgIpc) is 3.61. The van der Waals surface area contributed by atoms with Gasteiger partial charge in [-0.3, -0.25) is 4.79 Å². The van der Waals surface area contributed by atoms with E-state index in [1.54, 1.807) is 6.92 Å². The fourth-order valence-corrected chi connectivity index (χ4v) is 5.36. The molecule has 5 rings (SSSR count). The van der Waals surface area contributed by atoms with Crippen LogP contribution in [0.3, 0.4) is 0 Å². The van der Waals surface area contributed by atoms with Gasteiger partial charge in [0.05, 0.1) is 23.9 Å². The summed E-state index contributed by atoms with van der Waals surface area (Å²) in [7, 11) is 0. The van der Waals surface area contributed by atoms with Gasteiger partial charge >= 0.3 is 5.97 Å². The summed E-state index contributed by atoms with van der Waals surface area (Å²) in [5.74, 6) is -2.00. The topological polar surface area (TPSA) is 103 Å². The Morgan fingerprint density at radius 3 is 2.63 bits per heavy atom. The predicted octanol–water partition coefficient (Wildman–Crippen LogP) is 2.05. The van der Waals surface area contributed by atoms with E-state index in [2.05, 4.69) is 0 Å². The number of fused-ring (bicyclic) bond motifs is 1. The maximum absolute atomic E-state index is 15.3. The van der Waals surface area contributed by atoms with Gasteiger partial charge in [-0.25, -0.2) is 9.18 Å². The van der Waals surface area contributed by atoms with Crippen LogP contribution in [0.5, 0.6) is 0 Å². The number of hydrogen-bond donors (Lipinski definition) is 3. The Hall–Kier alpha value is -2.45. The van der Waals surface area contributed by atoms with Gasteiger partial charge in [0.25, 0.3) is 0 Å². The number of rotatable bonds is 5. The number of aliphatic hydroxyl groups excluding tert-OH is 2. The van der Waals surface area contributed by atoms with E-state index < -0.39 is 23.3 Å². The fourth-order valence-electron chi connectivity index (χ4n) is 5.36. The van der Waals surface area contributed by atoms with E-state index in [0.29, 0.717) is 29.9 Å². The van der Waals surface area contributed by atoms with E-state index in [9.17, 15) is 24.9 Å². The number of carbonyl (C=O) groups is 1. The second kappa shape index (κ2) is 6.52. The zero-order valence-corrected chi connectivity index (χ0v) is 16.8. The minimum Gasteiger partial charge on any atom is -0.477 e. The second-order valence-corrected chi connectivity index (χ2v) is 9.14. The SMILES string of the molecule is Cc1c(N2CC(C(O)CO)C3(CC3)C2)c(F)cc2c(=O)c(C(=O)O)cn(C3CC3)c12. The number of halogens is 1. The first-order valence-corrected chi connectivity index (χ1v) is 10.4. The molecule has 0 radical (unpaired) electrons. The minimum atomic E-state index is -1.31. The molecule has 2 aliphatic carbocycles. The lowest BCUT2D eigenvalue weighted by Gasteiger charge is -2.25. The summed E-state index contributed by atoms with van der Waals surface area (Å²) in [5.41, 5.74) is 0.486. The van der Waals surface area contributed by atoms with Crippen LogP contribution < -0.4 is 10.3 Å². The zero-order valence-electron chi connectivity index (χ0n) is 16.8. The highest BCUT2D eigenvalue weighted by atomic mass is 19.1. The maximum atomic E-state index is 15.3. The summed E-state index contributed by atoms with van der Waals surface area (Å²) < 4.78 is 17.1. The Morgan fingerprint density at radius 2 is 2.07 bits per heavy atom. The highest BCUT2D eigenvalue weighted by Gasteiger charge is 2.57. The van der Waals surface area contributed by atoms with Crippen molar-refractivity contribution in [1.82, 2.24) is 4.57 Å². The van der Waals surface area contributed by atoms with Gasteiger partial charge in [-0.05, 0) is 49.7 Å². The summed E-state index contributed by atoms with van der Waals surface area (Å²) >= 11 is 0. The molecule has 7 nitrogen and oxygen atoms in total. The quantitative estimate of drug-likeness (QED) is 0.690. The number of aliphatic hydroxyl groups is 2. The van der Waals surface area contributed by atoms with Crippen molar-refractivity contribution in [2.75, 3.05) is 24.6 Å². The molecule has 3 aliphatic rings. The number of nitrogens with zero attached hydrogens (tertiary/aromatic N) is 2. The number of aryl methyl sites for hydroxylation is 1. The Kier molecular flexibility index (Phi) is 4.24. The number of anilines is 1. The van der Waals surface area contributed by atoms with E-state index in [-0.39, 0.29) is 34.9 Å². The molecule has 1 aromatic heterocycles. The number of pyridine rings is 1. The molecular formula is C22H25FN2O5. The molecule has 0 amide bonds. The van der Waals surface area contributed by atoms with Gasteiger partial charge in [0, 0.05) is 36.6 Å². The molecule has 3 fully saturated rings. The summed E-state index contributed by atoms with van der Waals surface area (Å²) in [6.07, 6.45) is 4.21. The molecule has 3 N–H and O–H groups in total. The fraction of sp³-hybridized carbons (Fsp3) is 0.545. The van der Waals surface area contributed by atoms with Crippen molar-refractivity contribution in [3.63, 3.8) is 0 Å². The van der Waals surface area contributed by atoms with E-state index in [1.807, 2.05) is 9.47 Å². The van der Waals surface area contributed by atoms with Crippen molar-refractivity contribution in [3.05, 3.63) is 39.4 Å². The first kappa shape index (κ1) is 19.5. The predicted molar refractivity (Wildman–Crippen MR) is 109 cm³/mol. The van der Waals surface area contributed by atoms with E-state index >= 15 is 4.39 Å². The molecule has 2 aromatic rings. The van der Waals surface area contributed by atoms with E-state index in [0.717, 1.165) is 25.7 Å². The van der Waals surface area contributed by atoms with Crippen molar-refractivity contribution in [3.8, 4) is 0 Å². The van der Waals surface area contributed by atoms with Crippen molar-refractivity contribution in [2.45, 2.75) is 44.8 Å². The van der Waals surface area contributed by atoms with Crippen molar-refractivity contribution in [2.24, 2.45) is 11.3 Å². The van der Waals surface area contributed by atoms with Gasteiger partial charge in [0.2, 0.25) is 5.43 Å². The molecule has 160 valence electrons. The lowest BCUT2D eigenvalue weighted by Crippen LogP contribution is -2.31. The highest BCUT2D eigenvalue weighted by Crippen LogP contribution is 2.58. The molecule has 2 saturated carbocycles. The van der Waals surface area contributed by atoms with Crippen molar-refractivity contribution in [1.29, 1.82) is 0 Å². The monoisotopic (exact) mass is 416 g/mol. The molecule has 1 spiro atoms. The molecule has 2 atom stereocenters. The Morgan fingerprint density at radius 1 is 1.37 bits per heavy atom. The third-order valence-electron chi connectivity index (χ3n) is 7.22. The van der Waals surface area contributed by atoms with Gasteiger partial charge in [0.15, 0.2) is 0 Å². The number of carboxylic acids is 1. The molecule has 1 aromatic carbocycles. The van der Waals surface area contributed by atoms with Crippen LogP contribution in [0.2, 0.25) is 0 Å². The summed E-state index contributed by atoms with van der Waals surface area (Å²) in [6.45, 7) is 2.48. The zero-order chi connectivity index (χ0) is 21.4. The third kappa shape index (κ3) is 2.77. The number of aromatic carboxylic acids is 1. The number of aromatic nitrogens is 1. The molecule has 2 heterocycles. The first-order valence-electron chi connectivity index (χ1n) is 10.4. The average molecular weight is 416 g/mol. The minimum absolute atomic E-state index is 0.0906. The van der Waals surface area contributed by atoms with Crippen LogP contribution >= 0.6 is 0 Å². The van der Waals surface area contributed by atoms with Crippen molar-refractivity contribution >= 4 is 22.6 Å². The molecule has 2 unspecified atom stereocenters. The van der Waals surface area contributed by atoms with Gasteiger partial charge in [0.1, 0.15) is 11.4 Å². The Labute approximate surface area is 172 Å². The standard InChI is InChI=1S/C22H25FN2O5/c1-11-18-13(20(28)14(21(29)30)7-25(18)12-2-3-12)6-16(23)19(11)24-8-15(17(27)9-26)22(10-24)4-5-22/h6-7,12,15,17,26-27H,2-5,8-10H2,1H3,(H,29,30). The van der Waals surface area contributed by atoms with Gasteiger partial charge in [-0.2, -0.15) is 0 Å². The first-order chi connectivity index (χ1) is 14.3. The maximum Gasteiger partial charge on any atom is 0.341 e. The van der Waals surface area contributed by atoms with Gasteiger partial charge in [-0.15, -0.1) is 0 Å². The Bertz CT molecular complexity index is 1120. The molecule has 0 bridgehead atoms. The number of hydrogen-bond acceptors (Lipinski definition) is 5. The molecule has 1 aliphatic heterocycles. The molecule has 1 saturated heterocycles. The van der Waals surface area contributed by atoms with Crippen LogP contribution in [0, 0.1) is 24.1 Å². The summed E-state index contributed by atoms with van der Waals surface area (Å²) in [5, 5.41) is 29.2. The third-order valence-corrected chi connectivity index (χ3v) is 7.22. The van der Waals surface area contributed by atoms with Crippen molar-refractivity contribution < 1.29 is 24.5 Å². The van der Waals surface area contributed by atoms with Crippen LogP contribution in [0.4, 0.5) is 10.1 Å². The largest absolute Gasteiger partial charge is 0.477 e. The summed E-state index contributed by atoms with van der Waals surface area (Å²) in [4.78, 5) is 26.2. The number of benzene rings is 1. The summed E-state index contributed by atoms with van der Waals surface area (Å²) in [6, 6.07) is 1.28. The number of carboxylic acid groups (broad SMARTS) is 1. The van der Waals surface area contributed by atoms with Crippen LogP contribution in [0.25, 0.3) is 10.9 Å². The highest BCUT2D eigenvalue weighted by molar-refractivity contribution is 5.95. The lowest BCUT2D eigenvalue weighted by molar-refractivity contribution is 0.0335. The van der Waals surface area contributed by atoms with Crippen LogP contribution in [-0.2, 0) is 0 Å². The van der Waals surface area contributed by atoms with E-state index in [1.165, 1.54) is 12.3 Å². The smallest absolute Gasteiger partial charge is 0.341 e.